The molecule has 4 heteroatoms. The van der Waals surface area contributed by atoms with E-state index in [1.807, 2.05) is 20.8 Å². The van der Waals surface area contributed by atoms with Crippen molar-refractivity contribution in [1.82, 2.24) is 9.97 Å². The van der Waals surface area contributed by atoms with Crippen LogP contribution in [0.2, 0.25) is 0 Å². The van der Waals surface area contributed by atoms with E-state index in [-0.39, 0.29) is 0 Å². The van der Waals surface area contributed by atoms with E-state index in [4.69, 9.17) is 5.26 Å². The van der Waals surface area contributed by atoms with Gasteiger partial charge in [-0.3, -0.25) is 0 Å². The molecule has 2 aromatic heterocycles. The van der Waals surface area contributed by atoms with Gasteiger partial charge in [0.15, 0.2) is 0 Å². The molecule has 0 saturated heterocycles. The Labute approximate surface area is 86.0 Å². The summed E-state index contributed by atoms with van der Waals surface area (Å²) < 4.78 is 0. The third-order valence-electron chi connectivity index (χ3n) is 2.18. The minimum atomic E-state index is 0.739. The van der Waals surface area contributed by atoms with Crippen molar-refractivity contribution in [2.75, 3.05) is 0 Å². The Hall–Kier alpha value is -1.47. The van der Waals surface area contributed by atoms with Gasteiger partial charge in [0.1, 0.15) is 21.6 Å². The lowest BCUT2D eigenvalue weighted by Crippen LogP contribution is -1.90. The van der Waals surface area contributed by atoms with Crippen molar-refractivity contribution < 1.29 is 0 Å². The Kier molecular flexibility index (Phi) is 1.97. The van der Waals surface area contributed by atoms with Gasteiger partial charge in [0, 0.05) is 5.39 Å². The van der Waals surface area contributed by atoms with Crippen LogP contribution in [-0.4, -0.2) is 9.97 Å². The van der Waals surface area contributed by atoms with Crippen LogP contribution in [0, 0.1) is 32.1 Å². The van der Waals surface area contributed by atoms with Gasteiger partial charge in [-0.05, 0) is 26.3 Å². The van der Waals surface area contributed by atoms with Crippen LogP contribution in [0.15, 0.2) is 0 Å². The number of aromatic nitrogens is 2. The minimum Gasteiger partial charge on any atom is -0.238 e. The molecule has 0 aromatic carbocycles. The Morgan fingerprint density at radius 3 is 2.57 bits per heavy atom. The van der Waals surface area contributed by atoms with Crippen LogP contribution < -0.4 is 0 Å². The highest BCUT2D eigenvalue weighted by Gasteiger charge is 2.12. The molecule has 0 atom stereocenters. The van der Waals surface area contributed by atoms with E-state index >= 15 is 0 Å². The summed E-state index contributed by atoms with van der Waals surface area (Å²) in [4.78, 5) is 10.3. The molecule has 0 aliphatic rings. The number of fused-ring (bicyclic) bond motifs is 1. The van der Waals surface area contributed by atoms with E-state index in [1.165, 1.54) is 11.3 Å². The highest BCUT2D eigenvalue weighted by atomic mass is 32.1. The van der Waals surface area contributed by atoms with Crippen molar-refractivity contribution in [3.63, 3.8) is 0 Å². The Morgan fingerprint density at radius 2 is 1.93 bits per heavy atom. The first-order chi connectivity index (χ1) is 6.63. The predicted molar refractivity (Wildman–Crippen MR) is 56.3 cm³/mol. The lowest BCUT2D eigenvalue weighted by atomic mass is 10.2. The van der Waals surface area contributed by atoms with Crippen LogP contribution in [-0.2, 0) is 0 Å². The van der Waals surface area contributed by atoms with Crippen LogP contribution >= 0.6 is 11.3 Å². The first kappa shape index (κ1) is 9.10. The molecule has 0 bridgehead atoms. The minimum absolute atomic E-state index is 0.739. The van der Waals surface area contributed by atoms with Crippen molar-refractivity contribution in [1.29, 1.82) is 5.26 Å². The maximum absolute atomic E-state index is 8.89. The summed E-state index contributed by atoms with van der Waals surface area (Å²) in [6.07, 6.45) is 0. The van der Waals surface area contributed by atoms with Crippen molar-refractivity contribution in [2.45, 2.75) is 20.8 Å². The van der Waals surface area contributed by atoms with Gasteiger partial charge in [-0.15, -0.1) is 11.3 Å². The fourth-order valence-corrected chi connectivity index (χ4v) is 2.66. The second-order valence-corrected chi connectivity index (χ2v) is 4.20. The van der Waals surface area contributed by atoms with Crippen LogP contribution in [0.25, 0.3) is 10.2 Å². The van der Waals surface area contributed by atoms with Crippen LogP contribution in [0.1, 0.15) is 22.0 Å². The van der Waals surface area contributed by atoms with Gasteiger partial charge in [-0.1, -0.05) is 0 Å². The highest BCUT2D eigenvalue weighted by molar-refractivity contribution is 7.19. The molecule has 2 heterocycles. The van der Waals surface area contributed by atoms with E-state index in [1.54, 1.807) is 0 Å². The molecule has 0 unspecified atom stereocenters. The summed E-state index contributed by atoms with van der Waals surface area (Å²) >= 11 is 1.44. The lowest BCUT2D eigenvalue weighted by molar-refractivity contribution is 1.05. The lowest BCUT2D eigenvalue weighted by Gasteiger charge is -1.97. The fraction of sp³-hybridized carbons (Fsp3) is 0.300. The summed E-state index contributed by atoms with van der Waals surface area (Å²) in [5.41, 5.74) is 1.97. The first-order valence-electron chi connectivity index (χ1n) is 4.28. The zero-order valence-electron chi connectivity index (χ0n) is 8.25. The zero-order valence-corrected chi connectivity index (χ0v) is 9.07. The SMILES string of the molecule is Cc1nc(C)c2c(C)c(C#N)sc2n1. The molecule has 0 saturated carbocycles. The Balaban J connectivity index is 2.94. The van der Waals surface area contributed by atoms with Crippen molar-refractivity contribution in [3.05, 3.63) is 22.0 Å². The largest absolute Gasteiger partial charge is 0.238 e. The highest BCUT2D eigenvalue weighted by Crippen LogP contribution is 2.30. The van der Waals surface area contributed by atoms with Crippen LogP contribution in [0.3, 0.4) is 0 Å². The van der Waals surface area contributed by atoms with E-state index < -0.39 is 0 Å². The van der Waals surface area contributed by atoms with E-state index in [0.29, 0.717) is 0 Å². The summed E-state index contributed by atoms with van der Waals surface area (Å²) in [6.45, 7) is 5.77. The molecule has 0 fully saturated rings. The fourth-order valence-electron chi connectivity index (χ4n) is 1.58. The van der Waals surface area contributed by atoms with E-state index in [0.717, 1.165) is 32.2 Å². The van der Waals surface area contributed by atoms with Gasteiger partial charge in [0.05, 0.1) is 5.69 Å². The molecule has 0 N–H and O–H groups in total. The standard InChI is InChI=1S/C10H9N3S/c1-5-8(4-11)14-10-9(5)6(2)12-7(3)13-10/h1-3H3. The number of nitrogens with zero attached hydrogens (tertiary/aromatic N) is 3. The molecule has 0 amide bonds. The number of thiophene rings is 1. The maximum Gasteiger partial charge on any atom is 0.128 e. The summed E-state index contributed by atoms with van der Waals surface area (Å²) in [5, 5.41) is 9.93. The number of hydrogen-bond acceptors (Lipinski definition) is 4. The number of hydrogen-bond donors (Lipinski definition) is 0. The predicted octanol–water partition coefficient (Wildman–Crippen LogP) is 2.49. The molecular formula is C10H9N3S. The number of aryl methyl sites for hydroxylation is 3. The van der Waals surface area contributed by atoms with Gasteiger partial charge >= 0.3 is 0 Å². The van der Waals surface area contributed by atoms with E-state index in [2.05, 4.69) is 16.0 Å². The number of rotatable bonds is 0. The average Bonchev–Trinajstić information content (AvgIpc) is 2.42. The number of nitriles is 1. The summed E-state index contributed by atoms with van der Waals surface area (Å²) in [5.74, 6) is 0.765. The molecule has 2 rings (SSSR count). The van der Waals surface area contributed by atoms with Crippen molar-refractivity contribution in [2.24, 2.45) is 0 Å². The van der Waals surface area contributed by atoms with Gasteiger partial charge in [0.25, 0.3) is 0 Å². The Bertz CT molecular complexity index is 548. The molecule has 0 aliphatic heterocycles. The quantitative estimate of drug-likeness (QED) is 0.661. The smallest absolute Gasteiger partial charge is 0.128 e. The Morgan fingerprint density at radius 1 is 1.21 bits per heavy atom. The topological polar surface area (TPSA) is 49.6 Å². The van der Waals surface area contributed by atoms with E-state index in [9.17, 15) is 0 Å². The van der Waals surface area contributed by atoms with Gasteiger partial charge in [-0.25, -0.2) is 9.97 Å². The molecular weight excluding hydrogens is 194 g/mol. The molecule has 0 spiro atoms. The van der Waals surface area contributed by atoms with Gasteiger partial charge in [-0.2, -0.15) is 5.26 Å². The monoisotopic (exact) mass is 203 g/mol. The van der Waals surface area contributed by atoms with Crippen molar-refractivity contribution in [3.8, 4) is 6.07 Å². The van der Waals surface area contributed by atoms with Crippen LogP contribution in [0.4, 0.5) is 0 Å². The third-order valence-corrected chi connectivity index (χ3v) is 3.27. The zero-order chi connectivity index (χ0) is 10.3. The second kappa shape index (κ2) is 3.03. The second-order valence-electron chi connectivity index (χ2n) is 3.20. The summed E-state index contributed by atoms with van der Waals surface area (Å²) in [6, 6.07) is 2.18. The molecule has 3 nitrogen and oxygen atoms in total. The average molecular weight is 203 g/mol. The molecule has 14 heavy (non-hydrogen) atoms. The molecule has 0 radical (unpaired) electrons. The normalized spacial score (nSPS) is 10.4. The van der Waals surface area contributed by atoms with Crippen LogP contribution in [0.5, 0.6) is 0 Å². The molecule has 0 aliphatic carbocycles. The van der Waals surface area contributed by atoms with Crippen molar-refractivity contribution >= 4 is 21.6 Å². The maximum atomic E-state index is 8.89. The first-order valence-corrected chi connectivity index (χ1v) is 5.09. The molecule has 2 aromatic rings. The van der Waals surface area contributed by atoms with Gasteiger partial charge in [0.2, 0.25) is 0 Å². The third kappa shape index (κ3) is 1.17. The molecule has 70 valence electrons. The van der Waals surface area contributed by atoms with Gasteiger partial charge < -0.3 is 0 Å². The summed E-state index contributed by atoms with van der Waals surface area (Å²) in [7, 11) is 0.